The monoisotopic (exact) mass is 407 g/mol. The number of aryl methyl sites for hydroxylation is 2. The lowest BCUT2D eigenvalue weighted by Gasteiger charge is -2.18. The molecule has 3 aromatic rings. The van der Waals surface area contributed by atoms with Crippen LogP contribution in [-0.4, -0.2) is 45.9 Å². The summed E-state index contributed by atoms with van der Waals surface area (Å²) in [5, 5.41) is 10.3. The van der Waals surface area contributed by atoms with Crippen LogP contribution in [0.25, 0.3) is 0 Å². The van der Waals surface area contributed by atoms with Gasteiger partial charge in [-0.15, -0.1) is 5.10 Å². The van der Waals surface area contributed by atoms with Gasteiger partial charge in [0.1, 0.15) is 23.0 Å². The molecule has 3 heterocycles. The van der Waals surface area contributed by atoms with Crippen LogP contribution in [0.2, 0.25) is 0 Å². The fourth-order valence-corrected chi connectivity index (χ4v) is 3.48. The van der Waals surface area contributed by atoms with E-state index in [9.17, 15) is 4.79 Å². The SMILES string of the molecule is COc1nn(C)cc1C(=O)Nc1ccc(Nc2cc(N3CCCC3)nc(C)n2)cc1. The lowest BCUT2D eigenvalue weighted by Crippen LogP contribution is -2.19. The third-order valence-corrected chi connectivity index (χ3v) is 4.90. The van der Waals surface area contributed by atoms with E-state index in [0.717, 1.165) is 36.2 Å². The standard InChI is InChI=1S/C21H25N7O2/c1-14-22-18(12-19(23-14)28-10-4-5-11-28)24-15-6-8-16(9-7-15)25-20(29)17-13-27(2)26-21(17)30-3/h6-9,12-13H,4-5,10-11H2,1-3H3,(H,25,29)(H,22,23,24). The summed E-state index contributed by atoms with van der Waals surface area (Å²) in [6.07, 6.45) is 4.02. The Morgan fingerprint density at radius 3 is 2.50 bits per heavy atom. The molecule has 1 saturated heterocycles. The maximum Gasteiger partial charge on any atom is 0.262 e. The summed E-state index contributed by atoms with van der Waals surface area (Å²) >= 11 is 0. The Morgan fingerprint density at radius 2 is 1.80 bits per heavy atom. The number of rotatable bonds is 6. The summed E-state index contributed by atoms with van der Waals surface area (Å²) in [6.45, 7) is 3.97. The fraction of sp³-hybridized carbons (Fsp3) is 0.333. The first kappa shape index (κ1) is 19.7. The number of carbonyl (C=O) groups is 1. The maximum absolute atomic E-state index is 12.5. The Kier molecular flexibility index (Phi) is 5.51. The van der Waals surface area contributed by atoms with Gasteiger partial charge in [0.2, 0.25) is 5.88 Å². The summed E-state index contributed by atoms with van der Waals surface area (Å²) in [5.74, 6) is 2.46. The van der Waals surface area contributed by atoms with Crippen LogP contribution in [-0.2, 0) is 7.05 Å². The van der Waals surface area contributed by atoms with Gasteiger partial charge < -0.3 is 20.3 Å². The molecule has 0 saturated carbocycles. The van der Waals surface area contributed by atoms with Crippen molar-refractivity contribution in [2.75, 3.05) is 35.7 Å². The predicted octanol–water partition coefficient (Wildman–Crippen LogP) is 3.12. The molecule has 0 radical (unpaired) electrons. The number of ether oxygens (including phenoxy) is 1. The van der Waals surface area contributed by atoms with Gasteiger partial charge in [-0.2, -0.15) is 0 Å². The second-order valence-electron chi connectivity index (χ2n) is 7.23. The van der Waals surface area contributed by atoms with Crippen molar-refractivity contribution in [1.29, 1.82) is 0 Å². The average molecular weight is 407 g/mol. The molecule has 0 atom stereocenters. The zero-order chi connectivity index (χ0) is 21.1. The number of methoxy groups -OCH3 is 1. The van der Waals surface area contributed by atoms with Crippen LogP contribution in [0.15, 0.2) is 36.5 Å². The van der Waals surface area contributed by atoms with E-state index >= 15 is 0 Å². The highest BCUT2D eigenvalue weighted by atomic mass is 16.5. The third kappa shape index (κ3) is 4.35. The Labute approximate surface area is 175 Å². The molecule has 0 bridgehead atoms. The molecule has 1 fully saturated rings. The molecular formula is C21H25N7O2. The molecule has 30 heavy (non-hydrogen) atoms. The number of amides is 1. The van der Waals surface area contributed by atoms with Crippen molar-refractivity contribution in [2.24, 2.45) is 7.05 Å². The van der Waals surface area contributed by atoms with Crippen molar-refractivity contribution < 1.29 is 9.53 Å². The van der Waals surface area contributed by atoms with Crippen molar-refractivity contribution >= 4 is 28.9 Å². The van der Waals surface area contributed by atoms with Gasteiger partial charge in [0.05, 0.1) is 7.11 Å². The van der Waals surface area contributed by atoms with Crippen LogP contribution in [0.3, 0.4) is 0 Å². The van der Waals surface area contributed by atoms with Crippen LogP contribution >= 0.6 is 0 Å². The van der Waals surface area contributed by atoms with E-state index in [1.54, 1.807) is 17.9 Å². The summed E-state index contributed by atoms with van der Waals surface area (Å²) in [6, 6.07) is 9.42. The molecule has 9 heteroatoms. The smallest absolute Gasteiger partial charge is 0.262 e. The minimum absolute atomic E-state index is 0.276. The van der Waals surface area contributed by atoms with Crippen LogP contribution in [0, 0.1) is 6.92 Å². The molecule has 4 rings (SSSR count). The van der Waals surface area contributed by atoms with E-state index in [1.165, 1.54) is 20.0 Å². The number of aromatic nitrogens is 4. The second kappa shape index (κ2) is 8.40. The lowest BCUT2D eigenvalue weighted by atomic mass is 10.2. The van der Waals surface area contributed by atoms with Gasteiger partial charge in [0.15, 0.2) is 0 Å². The molecule has 1 aromatic carbocycles. The number of hydrogen-bond acceptors (Lipinski definition) is 7. The Balaban J connectivity index is 1.44. The van der Waals surface area contributed by atoms with Gasteiger partial charge >= 0.3 is 0 Å². The molecule has 1 aliphatic rings. The lowest BCUT2D eigenvalue weighted by molar-refractivity contribution is 0.102. The summed E-state index contributed by atoms with van der Waals surface area (Å²) < 4.78 is 6.69. The number of nitrogens with one attached hydrogen (secondary N) is 2. The molecule has 0 spiro atoms. The molecule has 9 nitrogen and oxygen atoms in total. The minimum atomic E-state index is -0.276. The molecule has 2 aromatic heterocycles. The molecule has 0 aliphatic carbocycles. The molecule has 0 unspecified atom stereocenters. The Hall–Kier alpha value is -3.62. The highest BCUT2D eigenvalue weighted by molar-refractivity contribution is 6.05. The van der Waals surface area contributed by atoms with Crippen molar-refractivity contribution in [3.63, 3.8) is 0 Å². The van der Waals surface area contributed by atoms with E-state index in [0.29, 0.717) is 17.1 Å². The molecule has 156 valence electrons. The van der Waals surface area contributed by atoms with Crippen molar-refractivity contribution in [1.82, 2.24) is 19.7 Å². The quantitative estimate of drug-likeness (QED) is 0.648. The molecule has 1 aliphatic heterocycles. The van der Waals surface area contributed by atoms with E-state index in [-0.39, 0.29) is 5.91 Å². The molecule has 1 amide bonds. The number of hydrogen-bond donors (Lipinski definition) is 2. The van der Waals surface area contributed by atoms with Crippen molar-refractivity contribution in [3.05, 3.63) is 47.9 Å². The van der Waals surface area contributed by atoms with E-state index < -0.39 is 0 Å². The number of anilines is 4. The normalized spacial score (nSPS) is 13.4. The van der Waals surface area contributed by atoms with E-state index in [2.05, 4.69) is 30.6 Å². The summed E-state index contributed by atoms with van der Waals surface area (Å²) in [7, 11) is 3.23. The number of carbonyl (C=O) groups excluding carboxylic acids is 1. The van der Waals surface area contributed by atoms with Gasteiger partial charge in [-0.25, -0.2) is 9.97 Å². The summed E-state index contributed by atoms with van der Waals surface area (Å²) in [4.78, 5) is 23.8. The zero-order valence-electron chi connectivity index (χ0n) is 17.3. The third-order valence-electron chi connectivity index (χ3n) is 4.90. The Bertz CT molecular complexity index is 1040. The van der Waals surface area contributed by atoms with Gasteiger partial charge in [-0.1, -0.05) is 0 Å². The van der Waals surface area contributed by atoms with Crippen molar-refractivity contribution in [3.8, 4) is 5.88 Å². The Morgan fingerprint density at radius 1 is 1.10 bits per heavy atom. The minimum Gasteiger partial charge on any atom is -0.479 e. The van der Waals surface area contributed by atoms with Crippen LogP contribution in [0.4, 0.5) is 23.0 Å². The first-order chi connectivity index (χ1) is 14.5. The largest absolute Gasteiger partial charge is 0.479 e. The van der Waals surface area contributed by atoms with E-state index in [1.807, 2.05) is 37.3 Å². The molecular weight excluding hydrogens is 382 g/mol. The number of benzene rings is 1. The highest BCUT2D eigenvalue weighted by Gasteiger charge is 2.17. The van der Waals surface area contributed by atoms with Gasteiger partial charge in [0.25, 0.3) is 5.91 Å². The maximum atomic E-state index is 12.5. The van der Waals surface area contributed by atoms with Crippen LogP contribution < -0.4 is 20.3 Å². The van der Waals surface area contributed by atoms with Crippen molar-refractivity contribution in [2.45, 2.75) is 19.8 Å². The van der Waals surface area contributed by atoms with Crippen LogP contribution in [0.5, 0.6) is 5.88 Å². The van der Waals surface area contributed by atoms with Crippen LogP contribution in [0.1, 0.15) is 29.0 Å². The topological polar surface area (TPSA) is 97.2 Å². The van der Waals surface area contributed by atoms with Gasteiger partial charge in [-0.3, -0.25) is 9.48 Å². The average Bonchev–Trinajstić information content (AvgIpc) is 3.38. The molecule has 2 N–H and O–H groups in total. The fourth-order valence-electron chi connectivity index (χ4n) is 3.48. The van der Waals surface area contributed by atoms with Gasteiger partial charge in [-0.05, 0) is 44.0 Å². The highest BCUT2D eigenvalue weighted by Crippen LogP contribution is 2.24. The predicted molar refractivity (Wildman–Crippen MR) is 116 cm³/mol. The number of nitrogens with zero attached hydrogens (tertiary/aromatic N) is 5. The van der Waals surface area contributed by atoms with Gasteiger partial charge in [0, 0.05) is 43.8 Å². The van der Waals surface area contributed by atoms with E-state index in [4.69, 9.17) is 4.74 Å². The zero-order valence-corrected chi connectivity index (χ0v) is 17.3. The first-order valence-electron chi connectivity index (χ1n) is 9.88. The summed E-state index contributed by atoms with van der Waals surface area (Å²) in [5.41, 5.74) is 1.93. The second-order valence-corrected chi connectivity index (χ2v) is 7.23. The first-order valence-corrected chi connectivity index (χ1v) is 9.88.